The van der Waals surface area contributed by atoms with Crippen molar-refractivity contribution in [3.8, 4) is 11.3 Å². The van der Waals surface area contributed by atoms with Crippen LogP contribution in [0.15, 0.2) is 72.8 Å². The number of nitrogens with zero attached hydrogens (tertiary/aromatic N) is 2. The van der Waals surface area contributed by atoms with Gasteiger partial charge in [-0.1, -0.05) is 71.2 Å². The molecule has 0 aliphatic heterocycles. The van der Waals surface area contributed by atoms with Crippen molar-refractivity contribution in [2.45, 2.75) is 6.92 Å². The van der Waals surface area contributed by atoms with Gasteiger partial charge < -0.3 is 10.6 Å². The first-order chi connectivity index (χ1) is 15.4. The summed E-state index contributed by atoms with van der Waals surface area (Å²) in [6, 6.07) is 22.0. The third-order valence-electron chi connectivity index (χ3n) is 4.57. The first kappa shape index (κ1) is 22.1. The van der Waals surface area contributed by atoms with E-state index in [1.54, 1.807) is 18.2 Å². The van der Waals surface area contributed by atoms with E-state index in [0.717, 1.165) is 16.9 Å². The summed E-state index contributed by atoms with van der Waals surface area (Å²) in [5, 5.41) is 6.65. The summed E-state index contributed by atoms with van der Waals surface area (Å²) in [6.45, 7) is 1.84. The summed E-state index contributed by atoms with van der Waals surface area (Å²) >= 11 is 18.4. The highest BCUT2D eigenvalue weighted by atomic mass is 35.5. The Morgan fingerprint density at radius 1 is 0.812 bits per heavy atom. The van der Waals surface area contributed by atoms with Crippen LogP contribution in [-0.4, -0.2) is 15.9 Å². The lowest BCUT2D eigenvalue weighted by Crippen LogP contribution is -2.13. The molecule has 4 aromatic rings. The maximum atomic E-state index is 12.7. The molecule has 0 bridgehead atoms. The maximum Gasteiger partial charge on any atom is 0.258 e. The molecule has 1 amide bonds. The van der Waals surface area contributed by atoms with Crippen LogP contribution in [0.1, 0.15) is 16.2 Å². The second-order valence-electron chi connectivity index (χ2n) is 6.93. The molecule has 0 aliphatic rings. The summed E-state index contributed by atoms with van der Waals surface area (Å²) < 4.78 is 0. The van der Waals surface area contributed by atoms with E-state index in [-0.39, 0.29) is 20.6 Å². The SMILES string of the molecule is Cc1nc(Nc2cccc(NC(=O)c3c(Cl)ccc(Cl)c3Cl)c2)cc(-c2ccccc2)n1. The van der Waals surface area contributed by atoms with Crippen LogP contribution in [0.3, 0.4) is 0 Å². The fraction of sp³-hybridized carbons (Fsp3) is 0.0417. The topological polar surface area (TPSA) is 66.9 Å². The number of aromatic nitrogens is 2. The Morgan fingerprint density at radius 2 is 1.53 bits per heavy atom. The zero-order chi connectivity index (χ0) is 22.7. The third-order valence-corrected chi connectivity index (χ3v) is 5.69. The van der Waals surface area contributed by atoms with Crippen LogP contribution >= 0.6 is 34.8 Å². The second-order valence-corrected chi connectivity index (χ2v) is 8.12. The van der Waals surface area contributed by atoms with Gasteiger partial charge in [-0.3, -0.25) is 4.79 Å². The Balaban J connectivity index is 1.56. The Morgan fingerprint density at radius 3 is 2.31 bits per heavy atom. The van der Waals surface area contributed by atoms with Crippen molar-refractivity contribution in [2.24, 2.45) is 0 Å². The zero-order valence-electron chi connectivity index (χ0n) is 16.9. The molecule has 0 saturated carbocycles. The van der Waals surface area contributed by atoms with Gasteiger partial charge in [-0.25, -0.2) is 9.97 Å². The van der Waals surface area contributed by atoms with Gasteiger partial charge in [0.2, 0.25) is 0 Å². The molecular weight excluding hydrogens is 467 g/mol. The lowest BCUT2D eigenvalue weighted by molar-refractivity contribution is 0.102. The second kappa shape index (κ2) is 9.57. The van der Waals surface area contributed by atoms with Gasteiger partial charge in [0.1, 0.15) is 11.6 Å². The normalized spacial score (nSPS) is 10.6. The standard InChI is InChI=1S/C24H17Cl3N4O/c1-14-28-20(15-6-3-2-4-7-15)13-21(29-14)30-16-8-5-9-17(12-16)31-24(32)22-18(25)10-11-19(26)23(22)27/h2-13H,1H3,(H,31,32)(H,28,29,30). The summed E-state index contributed by atoms with van der Waals surface area (Å²) in [7, 11) is 0. The molecule has 0 aliphatic carbocycles. The molecule has 0 fully saturated rings. The highest BCUT2D eigenvalue weighted by Gasteiger charge is 2.17. The van der Waals surface area contributed by atoms with Gasteiger partial charge in [-0.15, -0.1) is 0 Å². The minimum Gasteiger partial charge on any atom is -0.340 e. The predicted octanol–water partition coefficient (Wildman–Crippen LogP) is 7.41. The van der Waals surface area contributed by atoms with Gasteiger partial charge in [-0.2, -0.15) is 0 Å². The number of aryl methyl sites for hydroxylation is 1. The number of hydrogen-bond acceptors (Lipinski definition) is 4. The lowest BCUT2D eigenvalue weighted by Gasteiger charge is -2.12. The van der Waals surface area contributed by atoms with Gasteiger partial charge in [0.25, 0.3) is 5.91 Å². The summed E-state index contributed by atoms with van der Waals surface area (Å²) in [6.07, 6.45) is 0. The van der Waals surface area contributed by atoms with E-state index in [1.807, 2.05) is 55.5 Å². The first-order valence-electron chi connectivity index (χ1n) is 9.64. The highest BCUT2D eigenvalue weighted by Crippen LogP contribution is 2.32. The van der Waals surface area contributed by atoms with Gasteiger partial charge in [0, 0.05) is 23.0 Å². The molecule has 160 valence electrons. The third kappa shape index (κ3) is 5.02. The highest BCUT2D eigenvalue weighted by molar-refractivity contribution is 6.46. The molecule has 0 atom stereocenters. The monoisotopic (exact) mass is 482 g/mol. The minimum absolute atomic E-state index is 0.107. The lowest BCUT2D eigenvalue weighted by atomic mass is 10.1. The quantitative estimate of drug-likeness (QED) is 0.290. The summed E-state index contributed by atoms with van der Waals surface area (Å²) in [4.78, 5) is 21.7. The Bertz CT molecular complexity index is 1300. The zero-order valence-corrected chi connectivity index (χ0v) is 19.1. The number of hydrogen-bond donors (Lipinski definition) is 2. The van der Waals surface area contributed by atoms with Crippen LogP contribution in [0.4, 0.5) is 17.2 Å². The van der Waals surface area contributed by atoms with Crippen LogP contribution in [0.25, 0.3) is 11.3 Å². The van der Waals surface area contributed by atoms with Crippen molar-refractivity contribution in [1.29, 1.82) is 0 Å². The average Bonchev–Trinajstić information content (AvgIpc) is 2.77. The van der Waals surface area contributed by atoms with E-state index < -0.39 is 5.91 Å². The van der Waals surface area contributed by atoms with Crippen molar-refractivity contribution in [2.75, 3.05) is 10.6 Å². The van der Waals surface area contributed by atoms with Crippen molar-refractivity contribution >= 4 is 57.9 Å². The first-order valence-corrected chi connectivity index (χ1v) is 10.8. The van der Waals surface area contributed by atoms with Gasteiger partial charge in [0.15, 0.2) is 0 Å². The minimum atomic E-state index is -0.455. The number of rotatable bonds is 5. The fourth-order valence-electron chi connectivity index (χ4n) is 3.14. The molecule has 4 rings (SSSR count). The van der Waals surface area contributed by atoms with E-state index in [4.69, 9.17) is 34.8 Å². The summed E-state index contributed by atoms with van der Waals surface area (Å²) in [5.74, 6) is 0.827. The van der Waals surface area contributed by atoms with Crippen LogP contribution in [-0.2, 0) is 0 Å². The number of benzene rings is 3. The van der Waals surface area contributed by atoms with Crippen molar-refractivity contribution < 1.29 is 4.79 Å². The number of amides is 1. The van der Waals surface area contributed by atoms with Crippen molar-refractivity contribution in [1.82, 2.24) is 9.97 Å². The molecule has 0 radical (unpaired) electrons. The van der Waals surface area contributed by atoms with E-state index >= 15 is 0 Å². The number of carbonyl (C=O) groups excluding carboxylic acids is 1. The number of carbonyl (C=O) groups is 1. The number of halogens is 3. The predicted molar refractivity (Wildman–Crippen MR) is 131 cm³/mol. The van der Waals surface area contributed by atoms with Gasteiger partial charge in [0.05, 0.1) is 26.3 Å². The molecule has 3 aromatic carbocycles. The number of anilines is 3. The molecule has 0 spiro atoms. The molecule has 1 aromatic heterocycles. The largest absolute Gasteiger partial charge is 0.340 e. The van der Waals surface area contributed by atoms with Gasteiger partial charge >= 0.3 is 0 Å². The van der Waals surface area contributed by atoms with Crippen LogP contribution in [0, 0.1) is 6.92 Å². The summed E-state index contributed by atoms with van der Waals surface area (Å²) in [5.41, 5.74) is 3.23. The van der Waals surface area contributed by atoms with E-state index in [0.29, 0.717) is 17.3 Å². The molecule has 0 saturated heterocycles. The Labute approximate surface area is 200 Å². The average molecular weight is 484 g/mol. The van der Waals surface area contributed by atoms with E-state index in [1.165, 1.54) is 6.07 Å². The van der Waals surface area contributed by atoms with Crippen molar-refractivity contribution in [3.63, 3.8) is 0 Å². The van der Waals surface area contributed by atoms with E-state index in [9.17, 15) is 4.79 Å². The van der Waals surface area contributed by atoms with Crippen LogP contribution < -0.4 is 10.6 Å². The molecule has 1 heterocycles. The van der Waals surface area contributed by atoms with Crippen LogP contribution in [0.2, 0.25) is 15.1 Å². The molecule has 2 N–H and O–H groups in total. The molecule has 5 nitrogen and oxygen atoms in total. The Hall–Kier alpha value is -3.12. The smallest absolute Gasteiger partial charge is 0.258 e. The fourth-order valence-corrected chi connectivity index (χ4v) is 3.84. The molecule has 32 heavy (non-hydrogen) atoms. The molecule has 0 unspecified atom stereocenters. The molecular formula is C24H17Cl3N4O. The van der Waals surface area contributed by atoms with Gasteiger partial charge in [-0.05, 0) is 37.3 Å². The molecule has 8 heteroatoms. The maximum absolute atomic E-state index is 12.7. The number of nitrogens with one attached hydrogen (secondary N) is 2. The Kier molecular flexibility index (Phi) is 6.61. The van der Waals surface area contributed by atoms with Crippen LogP contribution in [0.5, 0.6) is 0 Å². The van der Waals surface area contributed by atoms with E-state index in [2.05, 4.69) is 20.6 Å². The van der Waals surface area contributed by atoms with Crippen molar-refractivity contribution in [3.05, 3.63) is 99.3 Å².